The van der Waals surface area contributed by atoms with Gasteiger partial charge in [-0.15, -0.1) is 0 Å². The average Bonchev–Trinajstić information content (AvgIpc) is 2.93. The molecule has 0 aliphatic carbocycles. The van der Waals surface area contributed by atoms with E-state index >= 15 is 0 Å². The first-order valence-corrected chi connectivity index (χ1v) is 9.40. The molecule has 2 amide bonds. The van der Waals surface area contributed by atoms with Gasteiger partial charge in [-0.05, 0) is 19.1 Å². The number of aryl methyl sites for hydroxylation is 1. The Morgan fingerprint density at radius 2 is 1.90 bits per heavy atom. The van der Waals surface area contributed by atoms with Crippen molar-refractivity contribution in [2.75, 3.05) is 37.7 Å². The molecule has 3 heterocycles. The molecule has 30 heavy (non-hydrogen) atoms. The standard InChI is InChI=1S/C20H20F2N4O4/c1-14-9-24-16(10-23-14)17(27)25-7-8-29-13-19(11-25)12-26(15-5-3-2-4-6-15)18(28)20(21,22)30-19/h2-6,9-10H,7-8,11-13H2,1H3. The molecular weight excluding hydrogens is 398 g/mol. The fraction of sp³-hybridized carbons (Fsp3) is 0.400. The van der Waals surface area contributed by atoms with Gasteiger partial charge in [-0.25, -0.2) is 4.98 Å². The second-order valence-corrected chi connectivity index (χ2v) is 7.35. The van der Waals surface area contributed by atoms with Crippen LogP contribution < -0.4 is 4.90 Å². The summed E-state index contributed by atoms with van der Waals surface area (Å²) in [7, 11) is 0. The third kappa shape index (κ3) is 3.88. The number of hydrogen-bond donors (Lipinski definition) is 0. The fourth-order valence-electron chi connectivity index (χ4n) is 3.58. The van der Waals surface area contributed by atoms with Crippen LogP contribution in [0.5, 0.6) is 0 Å². The normalized spacial score (nSPS) is 24.0. The number of hydrogen-bond acceptors (Lipinski definition) is 6. The fourth-order valence-corrected chi connectivity index (χ4v) is 3.58. The summed E-state index contributed by atoms with van der Waals surface area (Å²) in [5.41, 5.74) is -0.542. The monoisotopic (exact) mass is 418 g/mol. The van der Waals surface area contributed by atoms with Crippen LogP contribution in [0.25, 0.3) is 0 Å². The van der Waals surface area contributed by atoms with Crippen molar-refractivity contribution < 1.29 is 27.8 Å². The number of morpholine rings is 1. The number of benzene rings is 1. The smallest absolute Gasteiger partial charge is 0.376 e. The summed E-state index contributed by atoms with van der Waals surface area (Å²) in [6.07, 6.45) is -1.26. The van der Waals surface area contributed by atoms with Gasteiger partial charge >= 0.3 is 12.0 Å². The van der Waals surface area contributed by atoms with Crippen molar-refractivity contribution in [1.82, 2.24) is 14.9 Å². The van der Waals surface area contributed by atoms with Gasteiger partial charge in [0, 0.05) is 18.4 Å². The van der Waals surface area contributed by atoms with Gasteiger partial charge in [0.15, 0.2) is 0 Å². The number of halogens is 2. The van der Waals surface area contributed by atoms with Crippen molar-refractivity contribution >= 4 is 17.5 Å². The summed E-state index contributed by atoms with van der Waals surface area (Å²) < 4.78 is 39.7. The van der Waals surface area contributed by atoms with Crippen LogP contribution in [0, 0.1) is 6.92 Å². The Labute approximate surface area is 171 Å². The van der Waals surface area contributed by atoms with Crippen molar-refractivity contribution in [3.63, 3.8) is 0 Å². The van der Waals surface area contributed by atoms with E-state index in [2.05, 4.69) is 9.97 Å². The summed E-state index contributed by atoms with van der Waals surface area (Å²) in [4.78, 5) is 35.7. The quantitative estimate of drug-likeness (QED) is 0.738. The van der Waals surface area contributed by atoms with Crippen molar-refractivity contribution in [3.8, 4) is 0 Å². The number of para-hydroxylation sites is 1. The van der Waals surface area contributed by atoms with Crippen LogP contribution in [-0.2, 0) is 14.3 Å². The molecule has 2 fully saturated rings. The van der Waals surface area contributed by atoms with E-state index in [4.69, 9.17) is 9.47 Å². The Morgan fingerprint density at radius 3 is 2.60 bits per heavy atom. The Kier molecular flexibility index (Phi) is 5.20. The molecule has 1 atom stereocenters. The van der Waals surface area contributed by atoms with Gasteiger partial charge < -0.3 is 14.5 Å². The Hall–Kier alpha value is -2.98. The Morgan fingerprint density at radius 1 is 1.13 bits per heavy atom. The number of nitrogens with zero attached hydrogens (tertiary/aromatic N) is 4. The van der Waals surface area contributed by atoms with Gasteiger partial charge in [0.25, 0.3) is 5.91 Å². The van der Waals surface area contributed by atoms with Crippen molar-refractivity contribution in [2.45, 2.75) is 18.6 Å². The minimum atomic E-state index is -4.06. The molecule has 0 bridgehead atoms. The highest BCUT2D eigenvalue weighted by atomic mass is 19.3. The predicted molar refractivity (Wildman–Crippen MR) is 101 cm³/mol. The topological polar surface area (TPSA) is 84.9 Å². The number of aromatic nitrogens is 2. The summed E-state index contributed by atoms with van der Waals surface area (Å²) in [6, 6.07) is 8.15. The number of carbonyl (C=O) groups excluding carboxylic acids is 2. The van der Waals surface area contributed by atoms with E-state index in [-0.39, 0.29) is 38.5 Å². The number of carbonyl (C=O) groups is 2. The maximum atomic E-state index is 14.6. The molecule has 0 saturated carbocycles. The summed E-state index contributed by atoms with van der Waals surface area (Å²) in [5, 5.41) is 0. The van der Waals surface area contributed by atoms with E-state index in [0.717, 1.165) is 4.90 Å². The molecule has 2 aromatic rings. The number of alkyl halides is 2. The maximum Gasteiger partial charge on any atom is 0.437 e. The Balaban J connectivity index is 1.64. The third-order valence-electron chi connectivity index (χ3n) is 4.99. The van der Waals surface area contributed by atoms with E-state index in [1.165, 1.54) is 17.3 Å². The maximum absolute atomic E-state index is 14.6. The number of amides is 2. The first-order chi connectivity index (χ1) is 14.3. The van der Waals surface area contributed by atoms with Gasteiger partial charge in [0.2, 0.25) is 0 Å². The lowest BCUT2D eigenvalue weighted by Gasteiger charge is -2.45. The highest BCUT2D eigenvalue weighted by Crippen LogP contribution is 2.36. The highest BCUT2D eigenvalue weighted by Gasteiger charge is 2.58. The molecule has 8 nitrogen and oxygen atoms in total. The summed E-state index contributed by atoms with van der Waals surface area (Å²) >= 11 is 0. The first-order valence-electron chi connectivity index (χ1n) is 9.40. The van der Waals surface area contributed by atoms with Crippen molar-refractivity contribution in [1.29, 1.82) is 0 Å². The lowest BCUT2D eigenvalue weighted by Crippen LogP contribution is -2.66. The van der Waals surface area contributed by atoms with Crippen LogP contribution in [-0.4, -0.2) is 71.2 Å². The molecule has 1 aromatic heterocycles. The lowest BCUT2D eigenvalue weighted by molar-refractivity contribution is -0.293. The van der Waals surface area contributed by atoms with Crippen LogP contribution in [0.3, 0.4) is 0 Å². The second-order valence-electron chi connectivity index (χ2n) is 7.35. The predicted octanol–water partition coefficient (Wildman–Crippen LogP) is 1.65. The SMILES string of the molecule is Cc1cnc(C(=O)N2CCOCC3(C2)CN(c2ccccc2)C(=O)C(F)(F)O3)cn1. The summed E-state index contributed by atoms with van der Waals surface area (Å²) in [6.45, 7) is 1.49. The molecule has 2 saturated heterocycles. The number of anilines is 1. The number of rotatable bonds is 2. The Bertz CT molecular complexity index is 942. The zero-order valence-electron chi connectivity index (χ0n) is 16.3. The van der Waals surface area contributed by atoms with Gasteiger partial charge in [-0.2, -0.15) is 8.78 Å². The molecule has 1 aromatic carbocycles. The molecule has 2 aliphatic heterocycles. The minimum absolute atomic E-state index is 0.0937. The average molecular weight is 418 g/mol. The summed E-state index contributed by atoms with van der Waals surface area (Å²) in [5.74, 6) is -1.92. The molecule has 1 spiro atoms. The van der Waals surface area contributed by atoms with Crippen LogP contribution in [0.1, 0.15) is 16.2 Å². The van der Waals surface area contributed by atoms with E-state index in [9.17, 15) is 18.4 Å². The largest absolute Gasteiger partial charge is 0.437 e. The van der Waals surface area contributed by atoms with Crippen LogP contribution >= 0.6 is 0 Å². The molecule has 0 N–H and O–H groups in total. The van der Waals surface area contributed by atoms with Crippen LogP contribution in [0.2, 0.25) is 0 Å². The first kappa shape index (κ1) is 20.3. The van der Waals surface area contributed by atoms with E-state index in [1.54, 1.807) is 37.3 Å². The second kappa shape index (κ2) is 7.69. The molecule has 158 valence electrons. The molecule has 2 aliphatic rings. The van der Waals surface area contributed by atoms with Gasteiger partial charge in [-0.3, -0.25) is 19.3 Å². The molecule has 10 heteroatoms. The van der Waals surface area contributed by atoms with Crippen molar-refractivity contribution in [3.05, 3.63) is 54.1 Å². The third-order valence-corrected chi connectivity index (χ3v) is 4.99. The van der Waals surface area contributed by atoms with E-state index < -0.39 is 23.5 Å². The van der Waals surface area contributed by atoms with Crippen molar-refractivity contribution in [2.24, 2.45) is 0 Å². The van der Waals surface area contributed by atoms with Crippen LogP contribution in [0.4, 0.5) is 14.5 Å². The zero-order chi connectivity index (χ0) is 21.4. The lowest BCUT2D eigenvalue weighted by atomic mass is 10.00. The minimum Gasteiger partial charge on any atom is -0.376 e. The zero-order valence-corrected chi connectivity index (χ0v) is 16.3. The molecular formula is C20H20F2N4O4. The number of ether oxygens (including phenoxy) is 2. The molecule has 1 unspecified atom stereocenters. The van der Waals surface area contributed by atoms with Gasteiger partial charge in [0.1, 0.15) is 11.3 Å². The van der Waals surface area contributed by atoms with E-state index in [1.807, 2.05) is 0 Å². The molecule has 0 radical (unpaired) electrons. The van der Waals surface area contributed by atoms with Gasteiger partial charge in [-0.1, -0.05) is 18.2 Å². The molecule has 4 rings (SSSR count). The highest BCUT2D eigenvalue weighted by molar-refractivity contribution is 5.98. The van der Waals surface area contributed by atoms with E-state index in [0.29, 0.717) is 11.4 Å². The van der Waals surface area contributed by atoms with Crippen LogP contribution in [0.15, 0.2) is 42.7 Å². The van der Waals surface area contributed by atoms with Gasteiger partial charge in [0.05, 0.1) is 38.2 Å².